The summed E-state index contributed by atoms with van der Waals surface area (Å²) < 4.78 is 15.1. The van der Waals surface area contributed by atoms with Crippen molar-refractivity contribution in [2.24, 2.45) is 0 Å². The van der Waals surface area contributed by atoms with Gasteiger partial charge < -0.3 is 14.2 Å². The summed E-state index contributed by atoms with van der Waals surface area (Å²) in [5.74, 6) is 0.123. The average Bonchev–Trinajstić information content (AvgIpc) is 2.28. The number of esters is 1. The molecule has 0 N–H and O–H groups in total. The molecule has 1 rings (SSSR count). The summed E-state index contributed by atoms with van der Waals surface area (Å²) in [6.45, 7) is 2.00. The zero-order valence-corrected chi connectivity index (χ0v) is 10.1. The first-order chi connectivity index (χ1) is 7.65. The fourth-order valence-electron chi connectivity index (χ4n) is 1.31. The summed E-state index contributed by atoms with van der Waals surface area (Å²) in [5.41, 5.74) is 0.208. The first-order valence-corrected chi connectivity index (χ1v) is 5.11. The number of carbonyl (C=O) groups excluding carboxylic acids is 1. The lowest BCUT2D eigenvalue weighted by atomic mass is 10.1. The molecule has 0 fully saturated rings. The monoisotopic (exact) mass is 244 g/mol. The molecule has 0 saturated heterocycles. The van der Waals surface area contributed by atoms with Crippen molar-refractivity contribution in [2.45, 2.75) is 6.92 Å². The van der Waals surface area contributed by atoms with Gasteiger partial charge in [0.1, 0.15) is 11.3 Å². The fraction of sp³-hybridized carbons (Fsp3) is 0.364. The van der Waals surface area contributed by atoms with Gasteiger partial charge in [-0.25, -0.2) is 4.79 Å². The van der Waals surface area contributed by atoms with E-state index in [2.05, 4.69) is 0 Å². The second-order valence-corrected chi connectivity index (χ2v) is 3.29. The average molecular weight is 245 g/mol. The van der Waals surface area contributed by atoms with Crippen LogP contribution in [0.4, 0.5) is 0 Å². The van der Waals surface area contributed by atoms with E-state index in [1.165, 1.54) is 14.2 Å². The van der Waals surface area contributed by atoms with Crippen molar-refractivity contribution in [1.29, 1.82) is 0 Å². The number of benzene rings is 1. The van der Waals surface area contributed by atoms with E-state index in [-0.39, 0.29) is 17.9 Å². The summed E-state index contributed by atoms with van der Waals surface area (Å²) in [6.07, 6.45) is 0. The molecule has 0 aromatic heterocycles. The number of hydrogen-bond acceptors (Lipinski definition) is 4. The normalized spacial score (nSPS) is 9.75. The number of methoxy groups -OCH3 is 2. The zero-order valence-electron chi connectivity index (χ0n) is 9.37. The summed E-state index contributed by atoms with van der Waals surface area (Å²) >= 11 is 5.91. The molecule has 0 radical (unpaired) electrons. The van der Waals surface area contributed by atoms with E-state index in [1.54, 1.807) is 19.1 Å². The minimum Gasteiger partial charge on any atom is -0.496 e. The molecule has 4 nitrogen and oxygen atoms in total. The highest BCUT2D eigenvalue weighted by atomic mass is 35.5. The van der Waals surface area contributed by atoms with Crippen LogP contribution < -0.4 is 9.47 Å². The van der Waals surface area contributed by atoms with Crippen LogP contribution in [0.1, 0.15) is 17.3 Å². The molecule has 88 valence electrons. The molecule has 0 bridgehead atoms. The van der Waals surface area contributed by atoms with Crippen LogP contribution in [0.3, 0.4) is 0 Å². The summed E-state index contributed by atoms with van der Waals surface area (Å²) in [6, 6.07) is 3.19. The highest BCUT2D eigenvalue weighted by molar-refractivity contribution is 6.32. The maximum absolute atomic E-state index is 11.7. The molecule has 16 heavy (non-hydrogen) atoms. The van der Waals surface area contributed by atoms with Gasteiger partial charge in [0.2, 0.25) is 0 Å². The molecule has 0 unspecified atom stereocenters. The van der Waals surface area contributed by atoms with E-state index < -0.39 is 5.97 Å². The van der Waals surface area contributed by atoms with Crippen molar-refractivity contribution in [3.63, 3.8) is 0 Å². The molecule has 5 heteroatoms. The molecule has 0 atom stereocenters. The van der Waals surface area contributed by atoms with E-state index in [0.29, 0.717) is 10.8 Å². The molecule has 0 amide bonds. The van der Waals surface area contributed by atoms with Gasteiger partial charge in [0.05, 0.1) is 25.8 Å². The van der Waals surface area contributed by atoms with Crippen LogP contribution in [0.15, 0.2) is 12.1 Å². The maximum Gasteiger partial charge on any atom is 0.345 e. The van der Waals surface area contributed by atoms with Crippen molar-refractivity contribution < 1.29 is 19.0 Å². The fourth-order valence-corrected chi connectivity index (χ4v) is 1.54. The van der Waals surface area contributed by atoms with Crippen LogP contribution in [-0.2, 0) is 4.74 Å². The molecule has 0 aliphatic rings. The van der Waals surface area contributed by atoms with E-state index >= 15 is 0 Å². The Balaban J connectivity index is 3.30. The number of carbonyl (C=O) groups is 1. The second kappa shape index (κ2) is 5.61. The maximum atomic E-state index is 11.7. The third-order valence-corrected chi connectivity index (χ3v) is 2.27. The van der Waals surface area contributed by atoms with E-state index in [4.69, 9.17) is 25.8 Å². The Morgan fingerprint density at radius 3 is 2.50 bits per heavy atom. The highest BCUT2D eigenvalue weighted by Gasteiger charge is 2.21. The second-order valence-electron chi connectivity index (χ2n) is 2.88. The van der Waals surface area contributed by atoms with Crippen molar-refractivity contribution in [1.82, 2.24) is 0 Å². The number of halogens is 1. The Labute approximate surface area is 99.1 Å². The molecule has 0 saturated carbocycles. The third kappa shape index (κ3) is 2.39. The lowest BCUT2D eigenvalue weighted by Gasteiger charge is -2.13. The van der Waals surface area contributed by atoms with Crippen LogP contribution in [0.2, 0.25) is 5.02 Å². The quantitative estimate of drug-likeness (QED) is 0.764. The molecular formula is C11H13ClO4. The van der Waals surface area contributed by atoms with E-state index in [0.717, 1.165) is 0 Å². The Morgan fingerprint density at radius 1 is 1.31 bits per heavy atom. The van der Waals surface area contributed by atoms with Crippen molar-refractivity contribution in [3.8, 4) is 11.5 Å². The summed E-state index contributed by atoms with van der Waals surface area (Å²) in [4.78, 5) is 11.7. The van der Waals surface area contributed by atoms with Crippen LogP contribution in [0, 0.1) is 0 Å². The Hall–Kier alpha value is -1.42. The lowest BCUT2D eigenvalue weighted by Crippen LogP contribution is -2.09. The van der Waals surface area contributed by atoms with Crippen LogP contribution in [0.25, 0.3) is 0 Å². The lowest BCUT2D eigenvalue weighted by molar-refractivity contribution is 0.0519. The Morgan fingerprint density at radius 2 is 2.00 bits per heavy atom. The minimum absolute atomic E-state index is 0.208. The Bertz CT molecular complexity index is 390. The van der Waals surface area contributed by atoms with Gasteiger partial charge in [-0.2, -0.15) is 0 Å². The molecular weight excluding hydrogens is 232 g/mol. The summed E-state index contributed by atoms with van der Waals surface area (Å²) in [5, 5.41) is 0.339. The summed E-state index contributed by atoms with van der Waals surface area (Å²) in [7, 11) is 2.90. The van der Waals surface area contributed by atoms with Crippen molar-refractivity contribution in [2.75, 3.05) is 20.8 Å². The number of rotatable bonds is 4. The highest BCUT2D eigenvalue weighted by Crippen LogP contribution is 2.35. The molecule has 1 aromatic carbocycles. The van der Waals surface area contributed by atoms with E-state index in [9.17, 15) is 4.79 Å². The largest absolute Gasteiger partial charge is 0.496 e. The predicted octanol–water partition coefficient (Wildman–Crippen LogP) is 2.53. The van der Waals surface area contributed by atoms with Crippen molar-refractivity contribution in [3.05, 3.63) is 22.7 Å². The van der Waals surface area contributed by atoms with Crippen LogP contribution >= 0.6 is 11.6 Å². The third-order valence-electron chi connectivity index (χ3n) is 1.98. The van der Waals surface area contributed by atoms with Gasteiger partial charge in [-0.3, -0.25) is 0 Å². The van der Waals surface area contributed by atoms with Gasteiger partial charge in [0, 0.05) is 0 Å². The van der Waals surface area contributed by atoms with Crippen LogP contribution in [-0.4, -0.2) is 26.8 Å². The van der Waals surface area contributed by atoms with Gasteiger partial charge in [0.15, 0.2) is 5.75 Å². The number of hydrogen-bond donors (Lipinski definition) is 0. The SMILES string of the molecule is CCOC(=O)c1c(OC)ccc(Cl)c1OC. The zero-order chi connectivity index (χ0) is 12.1. The van der Waals surface area contributed by atoms with Gasteiger partial charge in [-0.1, -0.05) is 11.6 Å². The van der Waals surface area contributed by atoms with Crippen LogP contribution in [0.5, 0.6) is 11.5 Å². The van der Waals surface area contributed by atoms with Gasteiger partial charge in [-0.05, 0) is 19.1 Å². The predicted molar refractivity (Wildman–Crippen MR) is 60.5 cm³/mol. The standard InChI is InChI=1S/C11H13ClO4/c1-4-16-11(13)9-8(14-2)6-5-7(12)10(9)15-3/h5-6H,4H2,1-3H3. The molecule has 1 aromatic rings. The first kappa shape index (κ1) is 12.6. The smallest absolute Gasteiger partial charge is 0.345 e. The van der Waals surface area contributed by atoms with E-state index in [1.807, 2.05) is 0 Å². The van der Waals surface area contributed by atoms with Gasteiger partial charge in [-0.15, -0.1) is 0 Å². The Kier molecular flexibility index (Phi) is 4.43. The molecule has 0 aliphatic heterocycles. The first-order valence-electron chi connectivity index (χ1n) is 4.73. The van der Waals surface area contributed by atoms with Gasteiger partial charge >= 0.3 is 5.97 Å². The topological polar surface area (TPSA) is 44.8 Å². The van der Waals surface area contributed by atoms with Gasteiger partial charge in [0.25, 0.3) is 0 Å². The van der Waals surface area contributed by atoms with Crippen molar-refractivity contribution >= 4 is 17.6 Å². The number of ether oxygens (including phenoxy) is 3. The molecule has 0 spiro atoms. The minimum atomic E-state index is -0.515. The molecule has 0 aliphatic carbocycles. The molecule has 0 heterocycles.